The zero-order valence-electron chi connectivity index (χ0n) is 10.4. The lowest BCUT2D eigenvalue weighted by Gasteiger charge is -2.23. The Labute approximate surface area is 103 Å². The van der Waals surface area contributed by atoms with Gasteiger partial charge in [0.15, 0.2) is 0 Å². The van der Waals surface area contributed by atoms with E-state index >= 15 is 0 Å². The molecule has 1 aliphatic carbocycles. The minimum Gasteiger partial charge on any atom is -0.336 e. The summed E-state index contributed by atoms with van der Waals surface area (Å²) in [6.45, 7) is 3.42. The summed E-state index contributed by atoms with van der Waals surface area (Å²) in [6, 6.07) is 8.24. The standard InChI is InChI=1S/C14H20N2O/c1-11-5-2-3-6-13(11)14(17)16(10-4-9-15)12-7-8-12/h2-3,5-6,12H,4,7-10,15H2,1H3. The molecule has 0 aromatic heterocycles. The summed E-state index contributed by atoms with van der Waals surface area (Å²) in [6.07, 6.45) is 3.17. The van der Waals surface area contributed by atoms with Gasteiger partial charge in [0.25, 0.3) is 5.91 Å². The summed E-state index contributed by atoms with van der Waals surface area (Å²) < 4.78 is 0. The number of nitrogens with two attached hydrogens (primary N) is 1. The van der Waals surface area contributed by atoms with Gasteiger partial charge in [0.2, 0.25) is 0 Å². The van der Waals surface area contributed by atoms with Gasteiger partial charge in [-0.3, -0.25) is 4.79 Å². The number of carbonyl (C=O) groups is 1. The zero-order chi connectivity index (χ0) is 12.3. The normalized spacial score (nSPS) is 14.7. The molecule has 0 heterocycles. The monoisotopic (exact) mass is 232 g/mol. The summed E-state index contributed by atoms with van der Waals surface area (Å²) in [5.74, 6) is 0.166. The Bertz CT molecular complexity index is 399. The fourth-order valence-corrected chi connectivity index (χ4v) is 2.07. The van der Waals surface area contributed by atoms with E-state index in [1.807, 2.05) is 36.1 Å². The van der Waals surface area contributed by atoms with Crippen LogP contribution in [0.3, 0.4) is 0 Å². The molecule has 1 saturated carbocycles. The molecule has 92 valence electrons. The van der Waals surface area contributed by atoms with Crippen molar-refractivity contribution in [2.45, 2.75) is 32.2 Å². The second-order valence-electron chi connectivity index (χ2n) is 4.69. The van der Waals surface area contributed by atoms with Gasteiger partial charge in [-0.2, -0.15) is 0 Å². The SMILES string of the molecule is Cc1ccccc1C(=O)N(CCCN)C1CC1. The maximum Gasteiger partial charge on any atom is 0.254 e. The van der Waals surface area contributed by atoms with Gasteiger partial charge in [0.05, 0.1) is 0 Å². The van der Waals surface area contributed by atoms with Crippen molar-refractivity contribution in [3.63, 3.8) is 0 Å². The number of hydrogen-bond donors (Lipinski definition) is 1. The quantitative estimate of drug-likeness (QED) is 0.843. The van der Waals surface area contributed by atoms with E-state index in [4.69, 9.17) is 5.73 Å². The Morgan fingerprint density at radius 1 is 1.41 bits per heavy atom. The third-order valence-corrected chi connectivity index (χ3v) is 3.23. The number of rotatable bonds is 5. The van der Waals surface area contributed by atoms with Gasteiger partial charge in [0.1, 0.15) is 0 Å². The largest absolute Gasteiger partial charge is 0.336 e. The lowest BCUT2D eigenvalue weighted by atomic mass is 10.1. The topological polar surface area (TPSA) is 46.3 Å². The van der Waals surface area contributed by atoms with Crippen molar-refractivity contribution in [3.05, 3.63) is 35.4 Å². The molecular formula is C14H20N2O. The highest BCUT2D eigenvalue weighted by atomic mass is 16.2. The van der Waals surface area contributed by atoms with Gasteiger partial charge in [-0.1, -0.05) is 18.2 Å². The van der Waals surface area contributed by atoms with Crippen molar-refractivity contribution in [2.24, 2.45) is 5.73 Å². The van der Waals surface area contributed by atoms with Crippen LogP contribution in [0.1, 0.15) is 35.2 Å². The second-order valence-corrected chi connectivity index (χ2v) is 4.69. The maximum absolute atomic E-state index is 12.4. The Morgan fingerprint density at radius 2 is 2.12 bits per heavy atom. The molecule has 3 nitrogen and oxygen atoms in total. The first-order chi connectivity index (χ1) is 8.24. The van der Waals surface area contributed by atoms with Gasteiger partial charge in [-0.05, 0) is 44.4 Å². The van der Waals surface area contributed by atoms with E-state index in [1.165, 1.54) is 0 Å². The molecule has 0 radical (unpaired) electrons. The van der Waals surface area contributed by atoms with Crippen LogP contribution in [0, 0.1) is 6.92 Å². The Hall–Kier alpha value is -1.35. The van der Waals surface area contributed by atoms with Crippen LogP contribution >= 0.6 is 0 Å². The molecule has 0 atom stereocenters. The summed E-state index contributed by atoms with van der Waals surface area (Å²) in [5, 5.41) is 0. The molecular weight excluding hydrogens is 212 g/mol. The molecule has 0 bridgehead atoms. The van der Waals surface area contributed by atoms with Crippen LogP contribution in [0.15, 0.2) is 24.3 Å². The summed E-state index contributed by atoms with van der Waals surface area (Å²) in [5.41, 5.74) is 7.41. The van der Waals surface area contributed by atoms with Crippen LogP contribution < -0.4 is 5.73 Å². The summed E-state index contributed by atoms with van der Waals surface area (Å²) >= 11 is 0. The first-order valence-corrected chi connectivity index (χ1v) is 6.30. The zero-order valence-corrected chi connectivity index (χ0v) is 10.4. The first-order valence-electron chi connectivity index (χ1n) is 6.30. The van der Waals surface area contributed by atoms with Gasteiger partial charge in [0, 0.05) is 18.2 Å². The Morgan fingerprint density at radius 3 is 2.71 bits per heavy atom. The molecule has 0 spiro atoms. The lowest BCUT2D eigenvalue weighted by molar-refractivity contribution is 0.0741. The Kier molecular flexibility index (Phi) is 3.79. The van der Waals surface area contributed by atoms with Crippen molar-refractivity contribution in [1.29, 1.82) is 0 Å². The van der Waals surface area contributed by atoms with E-state index < -0.39 is 0 Å². The maximum atomic E-state index is 12.4. The third-order valence-electron chi connectivity index (χ3n) is 3.23. The Balaban J connectivity index is 2.13. The van der Waals surface area contributed by atoms with Crippen molar-refractivity contribution in [3.8, 4) is 0 Å². The fourth-order valence-electron chi connectivity index (χ4n) is 2.07. The van der Waals surface area contributed by atoms with Crippen molar-refractivity contribution >= 4 is 5.91 Å². The number of hydrogen-bond acceptors (Lipinski definition) is 2. The highest BCUT2D eigenvalue weighted by molar-refractivity contribution is 5.96. The highest BCUT2D eigenvalue weighted by Crippen LogP contribution is 2.28. The molecule has 0 unspecified atom stereocenters. The van der Waals surface area contributed by atoms with Crippen LogP contribution in [0.5, 0.6) is 0 Å². The predicted octanol–water partition coefficient (Wildman–Crippen LogP) is 1.95. The van der Waals surface area contributed by atoms with Crippen LogP contribution in [0.4, 0.5) is 0 Å². The number of benzene rings is 1. The van der Waals surface area contributed by atoms with E-state index in [0.717, 1.165) is 36.9 Å². The van der Waals surface area contributed by atoms with Crippen LogP contribution in [0.2, 0.25) is 0 Å². The molecule has 1 fully saturated rings. The molecule has 1 aliphatic rings. The van der Waals surface area contributed by atoms with Gasteiger partial charge >= 0.3 is 0 Å². The first kappa shape index (κ1) is 12.1. The molecule has 1 aromatic carbocycles. The van der Waals surface area contributed by atoms with Gasteiger partial charge < -0.3 is 10.6 Å². The second kappa shape index (κ2) is 5.32. The van der Waals surface area contributed by atoms with Crippen molar-refractivity contribution in [1.82, 2.24) is 4.90 Å². The molecule has 1 amide bonds. The predicted molar refractivity (Wildman–Crippen MR) is 68.9 cm³/mol. The average Bonchev–Trinajstić information content (AvgIpc) is 3.14. The molecule has 2 N–H and O–H groups in total. The molecule has 2 rings (SSSR count). The molecule has 3 heteroatoms. The van der Waals surface area contributed by atoms with Gasteiger partial charge in [-0.15, -0.1) is 0 Å². The van der Waals surface area contributed by atoms with E-state index in [1.54, 1.807) is 0 Å². The van der Waals surface area contributed by atoms with Crippen LogP contribution in [-0.4, -0.2) is 29.9 Å². The highest BCUT2D eigenvalue weighted by Gasteiger charge is 2.32. The molecule has 0 saturated heterocycles. The molecule has 0 aliphatic heterocycles. The summed E-state index contributed by atoms with van der Waals surface area (Å²) in [7, 11) is 0. The van der Waals surface area contributed by atoms with E-state index in [9.17, 15) is 4.79 Å². The number of nitrogens with zero attached hydrogens (tertiary/aromatic N) is 1. The third kappa shape index (κ3) is 2.86. The van der Waals surface area contributed by atoms with Crippen LogP contribution in [0.25, 0.3) is 0 Å². The minimum absolute atomic E-state index is 0.166. The smallest absolute Gasteiger partial charge is 0.254 e. The van der Waals surface area contributed by atoms with Gasteiger partial charge in [-0.25, -0.2) is 0 Å². The molecule has 1 aromatic rings. The fraction of sp³-hybridized carbons (Fsp3) is 0.500. The van der Waals surface area contributed by atoms with Crippen LogP contribution in [-0.2, 0) is 0 Å². The van der Waals surface area contributed by atoms with E-state index in [0.29, 0.717) is 12.6 Å². The average molecular weight is 232 g/mol. The van der Waals surface area contributed by atoms with E-state index in [2.05, 4.69) is 0 Å². The van der Waals surface area contributed by atoms with E-state index in [-0.39, 0.29) is 5.91 Å². The van der Waals surface area contributed by atoms with Crippen molar-refractivity contribution in [2.75, 3.05) is 13.1 Å². The minimum atomic E-state index is 0.166. The molecule has 17 heavy (non-hydrogen) atoms. The number of aryl methyl sites for hydroxylation is 1. The number of amides is 1. The number of carbonyl (C=O) groups excluding carboxylic acids is 1. The summed E-state index contributed by atoms with van der Waals surface area (Å²) in [4.78, 5) is 14.4. The lowest BCUT2D eigenvalue weighted by Crippen LogP contribution is -2.35. The van der Waals surface area contributed by atoms with Crippen molar-refractivity contribution < 1.29 is 4.79 Å².